The van der Waals surface area contributed by atoms with Crippen LogP contribution in [-0.2, 0) is 20.1 Å². The minimum absolute atomic E-state index is 0.0485. The van der Waals surface area contributed by atoms with Crippen molar-refractivity contribution in [2.45, 2.75) is 45.8 Å². The Kier molecular flexibility index (Phi) is 7.40. The van der Waals surface area contributed by atoms with Crippen LogP contribution in [0.15, 0.2) is 69.2 Å². The molecule has 0 amide bonds. The highest BCUT2D eigenvalue weighted by atomic mass is 16.2. The maximum absolute atomic E-state index is 14.0. The molecule has 1 saturated heterocycles. The molecule has 4 heterocycles. The molecule has 212 valence electrons. The van der Waals surface area contributed by atoms with Gasteiger partial charge in [-0.25, -0.2) is 14.8 Å². The second-order valence-corrected chi connectivity index (χ2v) is 10.5. The van der Waals surface area contributed by atoms with Gasteiger partial charge in [-0.15, -0.1) is 5.92 Å². The Hall–Kier alpha value is -5.04. The minimum atomic E-state index is -0.469. The zero-order valence-corrected chi connectivity index (χ0v) is 24.0. The van der Waals surface area contributed by atoms with Crippen LogP contribution in [0.2, 0.25) is 0 Å². The molecule has 1 aliphatic heterocycles. The van der Waals surface area contributed by atoms with Gasteiger partial charge in [0.2, 0.25) is 5.95 Å². The molecule has 1 aliphatic rings. The molecule has 10 heteroatoms. The van der Waals surface area contributed by atoms with Gasteiger partial charge in [0.15, 0.2) is 11.2 Å². The van der Waals surface area contributed by atoms with E-state index in [1.54, 1.807) is 14.0 Å². The Labute approximate surface area is 243 Å². The Bertz CT molecular complexity index is 1990. The van der Waals surface area contributed by atoms with E-state index >= 15 is 0 Å². The van der Waals surface area contributed by atoms with Gasteiger partial charge in [-0.2, -0.15) is 4.98 Å². The van der Waals surface area contributed by atoms with Gasteiger partial charge >= 0.3 is 5.69 Å². The fraction of sp³-hybridized carbons (Fsp3) is 0.312. The van der Waals surface area contributed by atoms with Crippen LogP contribution in [0.3, 0.4) is 0 Å². The lowest BCUT2D eigenvalue weighted by Gasteiger charge is -2.31. The maximum atomic E-state index is 14.0. The molecule has 0 bridgehead atoms. The molecule has 1 fully saturated rings. The summed E-state index contributed by atoms with van der Waals surface area (Å²) in [5.41, 5.74) is 2.38. The van der Waals surface area contributed by atoms with Gasteiger partial charge in [-0.3, -0.25) is 23.5 Å². The summed E-state index contributed by atoms with van der Waals surface area (Å²) in [6, 6.07) is 17.8. The standard InChI is InChI=1S/C32H32N8O2/c1-4-5-18-39-28-29(36-31(39)38-17-11-14-24(20-38)33-19-23-12-7-6-8-13-23)37(3)32(42)40(30(28)41)21-27-34-22(2)25-15-9-10-16-26(25)35-27/h6-10,12-13,15-16,19,24H,11,14,17-18,20-21H2,1-3H3/b33-19+/t24-/m1/s1. The van der Waals surface area contributed by atoms with E-state index in [0.717, 1.165) is 41.5 Å². The third-order valence-electron chi connectivity index (χ3n) is 7.68. The second kappa shape index (κ2) is 11.4. The Balaban J connectivity index is 1.41. The first kappa shape index (κ1) is 27.1. The molecule has 10 nitrogen and oxygen atoms in total. The Morgan fingerprint density at radius 3 is 2.62 bits per heavy atom. The van der Waals surface area contributed by atoms with Crippen molar-refractivity contribution in [2.75, 3.05) is 18.0 Å². The van der Waals surface area contributed by atoms with E-state index in [2.05, 4.69) is 26.7 Å². The first-order chi connectivity index (χ1) is 20.4. The Morgan fingerprint density at radius 2 is 1.81 bits per heavy atom. The first-order valence-corrected chi connectivity index (χ1v) is 14.1. The summed E-state index contributed by atoms with van der Waals surface area (Å²) >= 11 is 0. The van der Waals surface area contributed by atoms with E-state index < -0.39 is 11.2 Å². The maximum Gasteiger partial charge on any atom is 0.332 e. The highest BCUT2D eigenvalue weighted by Crippen LogP contribution is 2.24. The summed E-state index contributed by atoms with van der Waals surface area (Å²) in [5.74, 6) is 7.05. The van der Waals surface area contributed by atoms with Crippen molar-refractivity contribution in [3.63, 3.8) is 0 Å². The highest BCUT2D eigenvalue weighted by molar-refractivity contribution is 5.81. The van der Waals surface area contributed by atoms with E-state index in [9.17, 15) is 9.59 Å². The number of aryl methyl sites for hydroxylation is 2. The number of anilines is 1. The third kappa shape index (κ3) is 5.09. The van der Waals surface area contributed by atoms with Crippen molar-refractivity contribution in [1.29, 1.82) is 0 Å². The number of fused-ring (bicyclic) bond motifs is 2. The number of piperidine rings is 1. The predicted octanol–water partition coefficient (Wildman–Crippen LogP) is 3.31. The van der Waals surface area contributed by atoms with Crippen LogP contribution in [0.1, 0.15) is 36.8 Å². The number of hydrogen-bond donors (Lipinski definition) is 0. The summed E-state index contributed by atoms with van der Waals surface area (Å²) in [5, 5.41) is 0.936. The van der Waals surface area contributed by atoms with Gasteiger partial charge in [0, 0.05) is 37.4 Å². The number of nitrogens with zero attached hydrogens (tertiary/aromatic N) is 8. The van der Waals surface area contributed by atoms with Crippen LogP contribution < -0.4 is 16.1 Å². The molecule has 6 rings (SSSR count). The SMILES string of the molecule is CC#CCn1c(N2CCC[C@@H](/N=C/c3ccccc3)C2)nc2c1c(=O)n(Cc1nc(C)c3ccccc3n1)c(=O)n2C. The highest BCUT2D eigenvalue weighted by Gasteiger charge is 2.27. The summed E-state index contributed by atoms with van der Waals surface area (Å²) in [6.45, 7) is 5.31. The number of aliphatic imine (C=N–C) groups is 1. The molecule has 5 aromatic rings. The molecule has 0 spiro atoms. The van der Waals surface area contributed by atoms with E-state index in [1.807, 2.05) is 72.3 Å². The number of imidazole rings is 1. The monoisotopic (exact) mass is 560 g/mol. The third-order valence-corrected chi connectivity index (χ3v) is 7.68. The topological polar surface area (TPSA) is 103 Å². The molecule has 0 aliphatic carbocycles. The van der Waals surface area contributed by atoms with Crippen LogP contribution in [0.25, 0.3) is 22.1 Å². The number of rotatable bonds is 6. The average molecular weight is 561 g/mol. The van der Waals surface area contributed by atoms with Gasteiger partial charge in [-0.05, 0) is 38.3 Å². The van der Waals surface area contributed by atoms with Crippen LogP contribution in [0.5, 0.6) is 0 Å². The molecular weight excluding hydrogens is 528 g/mol. The van der Waals surface area contributed by atoms with Gasteiger partial charge in [0.25, 0.3) is 5.56 Å². The fourth-order valence-corrected chi connectivity index (χ4v) is 5.54. The van der Waals surface area contributed by atoms with Crippen molar-refractivity contribution in [3.05, 3.63) is 92.5 Å². The van der Waals surface area contributed by atoms with Crippen molar-refractivity contribution in [2.24, 2.45) is 12.0 Å². The quantitative estimate of drug-likeness (QED) is 0.233. The number of hydrogen-bond acceptors (Lipinski definition) is 7. The smallest absolute Gasteiger partial charge is 0.332 e. The molecule has 1 atom stereocenters. The van der Waals surface area contributed by atoms with Crippen molar-refractivity contribution < 1.29 is 0 Å². The van der Waals surface area contributed by atoms with Crippen LogP contribution >= 0.6 is 0 Å². The molecule has 0 radical (unpaired) electrons. The predicted molar refractivity (Wildman–Crippen MR) is 165 cm³/mol. The van der Waals surface area contributed by atoms with Crippen LogP contribution in [0, 0.1) is 18.8 Å². The van der Waals surface area contributed by atoms with Gasteiger partial charge in [0.1, 0.15) is 5.82 Å². The minimum Gasteiger partial charge on any atom is -0.340 e. The zero-order valence-electron chi connectivity index (χ0n) is 24.0. The summed E-state index contributed by atoms with van der Waals surface area (Å²) in [6.07, 6.45) is 3.81. The number of aromatic nitrogens is 6. The second-order valence-electron chi connectivity index (χ2n) is 10.5. The lowest BCUT2D eigenvalue weighted by Crippen LogP contribution is -2.40. The molecule has 42 heavy (non-hydrogen) atoms. The first-order valence-electron chi connectivity index (χ1n) is 14.1. The zero-order chi connectivity index (χ0) is 29.2. The molecule has 0 saturated carbocycles. The molecule has 0 N–H and O–H groups in total. The van der Waals surface area contributed by atoms with Crippen molar-refractivity contribution in [3.8, 4) is 11.8 Å². The van der Waals surface area contributed by atoms with Gasteiger partial charge in [-0.1, -0.05) is 54.5 Å². The summed E-state index contributed by atoms with van der Waals surface area (Å²) < 4.78 is 4.45. The van der Waals surface area contributed by atoms with Crippen LogP contribution in [0.4, 0.5) is 5.95 Å². The lowest BCUT2D eigenvalue weighted by molar-refractivity contribution is 0.499. The average Bonchev–Trinajstić information content (AvgIpc) is 3.40. The van der Waals surface area contributed by atoms with Crippen molar-refractivity contribution in [1.82, 2.24) is 28.7 Å². The molecule has 0 unspecified atom stereocenters. The summed E-state index contributed by atoms with van der Waals surface area (Å²) in [4.78, 5) is 48.6. The molecule has 3 aromatic heterocycles. The van der Waals surface area contributed by atoms with E-state index in [1.165, 1.54) is 9.13 Å². The lowest BCUT2D eigenvalue weighted by atomic mass is 10.1. The Morgan fingerprint density at radius 1 is 1.02 bits per heavy atom. The fourth-order valence-electron chi connectivity index (χ4n) is 5.54. The van der Waals surface area contributed by atoms with E-state index in [0.29, 0.717) is 29.5 Å². The van der Waals surface area contributed by atoms with E-state index in [4.69, 9.17) is 9.98 Å². The van der Waals surface area contributed by atoms with Crippen LogP contribution in [-0.4, -0.2) is 54.0 Å². The summed E-state index contributed by atoms with van der Waals surface area (Å²) in [7, 11) is 1.64. The van der Waals surface area contributed by atoms with Gasteiger partial charge < -0.3 is 4.90 Å². The largest absolute Gasteiger partial charge is 0.340 e. The van der Waals surface area contributed by atoms with Gasteiger partial charge in [0.05, 0.1) is 24.6 Å². The number of para-hydroxylation sites is 1. The number of benzene rings is 2. The normalized spacial score (nSPS) is 15.4. The molecule has 2 aromatic carbocycles. The van der Waals surface area contributed by atoms with E-state index in [-0.39, 0.29) is 19.1 Å². The molecular formula is C32H32N8O2. The van der Waals surface area contributed by atoms with Crippen molar-refractivity contribution >= 4 is 34.2 Å².